The van der Waals surface area contributed by atoms with Crippen LogP contribution >= 0.6 is 11.3 Å². The number of rotatable bonds is 6. The van der Waals surface area contributed by atoms with E-state index in [1.165, 1.54) is 11.1 Å². The average Bonchev–Trinajstić information content (AvgIpc) is 2.57. The standard InChI is InChI=1S/C11H19NO2S2/c1-4-5-12-11(8-16(3,13)14)10-6-9(2)15-7-10/h6-7,11-12H,4-5,8H2,1-3H3. The van der Waals surface area contributed by atoms with Crippen LogP contribution in [-0.2, 0) is 9.84 Å². The minimum absolute atomic E-state index is 0.0695. The number of hydrogen-bond donors (Lipinski definition) is 1. The molecule has 3 nitrogen and oxygen atoms in total. The summed E-state index contributed by atoms with van der Waals surface area (Å²) in [6.07, 6.45) is 2.29. The van der Waals surface area contributed by atoms with E-state index in [1.54, 1.807) is 11.3 Å². The van der Waals surface area contributed by atoms with Crippen molar-refractivity contribution in [3.05, 3.63) is 21.9 Å². The molecule has 1 aromatic heterocycles. The van der Waals surface area contributed by atoms with Gasteiger partial charge >= 0.3 is 0 Å². The Balaban J connectivity index is 2.78. The number of sulfone groups is 1. The molecule has 1 heterocycles. The Morgan fingerprint density at radius 2 is 2.19 bits per heavy atom. The molecule has 0 aliphatic carbocycles. The summed E-state index contributed by atoms with van der Waals surface area (Å²) >= 11 is 1.66. The molecule has 0 fully saturated rings. The minimum Gasteiger partial charge on any atom is -0.309 e. The lowest BCUT2D eigenvalue weighted by atomic mass is 10.1. The summed E-state index contributed by atoms with van der Waals surface area (Å²) in [7, 11) is -2.95. The van der Waals surface area contributed by atoms with Crippen molar-refractivity contribution in [1.29, 1.82) is 0 Å². The van der Waals surface area contributed by atoms with Crippen molar-refractivity contribution >= 4 is 21.2 Å². The van der Waals surface area contributed by atoms with Gasteiger partial charge in [0, 0.05) is 17.2 Å². The van der Waals surface area contributed by atoms with Crippen molar-refractivity contribution < 1.29 is 8.42 Å². The maximum atomic E-state index is 11.3. The van der Waals surface area contributed by atoms with E-state index < -0.39 is 9.84 Å². The predicted molar refractivity (Wildman–Crippen MR) is 69.8 cm³/mol. The monoisotopic (exact) mass is 261 g/mol. The summed E-state index contributed by atoms with van der Waals surface area (Å²) < 4.78 is 22.7. The topological polar surface area (TPSA) is 46.2 Å². The van der Waals surface area contributed by atoms with E-state index in [-0.39, 0.29) is 11.8 Å². The molecular weight excluding hydrogens is 242 g/mol. The highest BCUT2D eigenvalue weighted by molar-refractivity contribution is 7.90. The second kappa shape index (κ2) is 5.80. The molecular formula is C11H19NO2S2. The fourth-order valence-electron chi connectivity index (χ4n) is 1.54. The Morgan fingerprint density at radius 1 is 1.50 bits per heavy atom. The fourth-order valence-corrected chi connectivity index (χ4v) is 3.21. The molecule has 5 heteroatoms. The highest BCUT2D eigenvalue weighted by Crippen LogP contribution is 2.21. The first-order valence-electron chi connectivity index (χ1n) is 5.38. The van der Waals surface area contributed by atoms with Gasteiger partial charge in [-0.15, -0.1) is 11.3 Å². The van der Waals surface area contributed by atoms with Crippen LogP contribution in [0.1, 0.15) is 29.8 Å². The summed E-state index contributed by atoms with van der Waals surface area (Å²) in [5.41, 5.74) is 1.08. The Hall–Kier alpha value is -0.390. The molecule has 1 aromatic rings. The van der Waals surface area contributed by atoms with E-state index in [2.05, 4.69) is 18.3 Å². The zero-order valence-corrected chi connectivity index (χ0v) is 11.6. The van der Waals surface area contributed by atoms with Gasteiger partial charge < -0.3 is 5.32 Å². The first-order chi connectivity index (χ1) is 7.42. The Bertz CT molecular complexity index is 423. The van der Waals surface area contributed by atoms with E-state index in [4.69, 9.17) is 0 Å². The summed E-state index contributed by atoms with van der Waals surface area (Å²) in [5.74, 6) is 0.170. The molecule has 0 bridgehead atoms. The van der Waals surface area contributed by atoms with Gasteiger partial charge in [0.15, 0.2) is 0 Å². The van der Waals surface area contributed by atoms with Crippen LogP contribution in [0.2, 0.25) is 0 Å². The van der Waals surface area contributed by atoms with Crippen LogP contribution in [0.25, 0.3) is 0 Å². The van der Waals surface area contributed by atoms with Crippen molar-refractivity contribution in [2.24, 2.45) is 0 Å². The molecule has 0 spiro atoms. The van der Waals surface area contributed by atoms with Gasteiger partial charge in [-0.25, -0.2) is 8.42 Å². The van der Waals surface area contributed by atoms with E-state index in [9.17, 15) is 8.42 Å². The van der Waals surface area contributed by atoms with Gasteiger partial charge in [0.1, 0.15) is 9.84 Å². The fraction of sp³-hybridized carbons (Fsp3) is 0.636. The third-order valence-corrected chi connectivity index (χ3v) is 4.08. The molecule has 16 heavy (non-hydrogen) atoms. The highest BCUT2D eigenvalue weighted by Gasteiger charge is 2.17. The largest absolute Gasteiger partial charge is 0.309 e. The van der Waals surface area contributed by atoms with Gasteiger partial charge in [-0.2, -0.15) is 0 Å². The molecule has 1 atom stereocenters. The SMILES string of the molecule is CCCNC(CS(C)(=O)=O)c1csc(C)c1. The van der Waals surface area contributed by atoms with Crippen LogP contribution in [0.15, 0.2) is 11.4 Å². The molecule has 1 rings (SSSR count). The van der Waals surface area contributed by atoms with Gasteiger partial charge in [-0.1, -0.05) is 6.92 Å². The summed E-state index contributed by atoms with van der Waals surface area (Å²) in [5, 5.41) is 5.32. The molecule has 0 aromatic carbocycles. The van der Waals surface area contributed by atoms with Crippen LogP contribution < -0.4 is 5.32 Å². The summed E-state index contributed by atoms with van der Waals surface area (Å²) in [6.45, 7) is 4.95. The van der Waals surface area contributed by atoms with Crippen LogP contribution in [-0.4, -0.2) is 27.0 Å². The van der Waals surface area contributed by atoms with Crippen molar-refractivity contribution in [2.45, 2.75) is 26.3 Å². The molecule has 0 saturated carbocycles. The maximum absolute atomic E-state index is 11.3. The molecule has 1 N–H and O–H groups in total. The molecule has 0 aliphatic heterocycles. The van der Waals surface area contributed by atoms with Gasteiger partial charge in [0.05, 0.1) is 5.75 Å². The number of thiophene rings is 1. The quantitative estimate of drug-likeness (QED) is 0.853. The first-order valence-corrected chi connectivity index (χ1v) is 8.32. The molecule has 0 aliphatic rings. The van der Waals surface area contributed by atoms with Crippen LogP contribution in [0.5, 0.6) is 0 Å². The van der Waals surface area contributed by atoms with Crippen molar-refractivity contribution in [2.75, 3.05) is 18.6 Å². The number of aryl methyl sites for hydroxylation is 1. The van der Waals surface area contributed by atoms with E-state index in [0.29, 0.717) is 0 Å². The Labute approximate surface area is 102 Å². The van der Waals surface area contributed by atoms with Gasteiger partial charge in [-0.3, -0.25) is 0 Å². The summed E-state index contributed by atoms with van der Waals surface area (Å²) in [4.78, 5) is 1.21. The van der Waals surface area contributed by atoms with Gasteiger partial charge in [0.25, 0.3) is 0 Å². The first kappa shape index (κ1) is 13.7. The molecule has 0 radical (unpaired) electrons. The second-order valence-corrected chi connectivity index (χ2v) is 7.39. The number of nitrogens with one attached hydrogen (secondary N) is 1. The van der Waals surface area contributed by atoms with Crippen molar-refractivity contribution in [3.8, 4) is 0 Å². The van der Waals surface area contributed by atoms with E-state index in [0.717, 1.165) is 18.5 Å². The lowest BCUT2D eigenvalue weighted by Crippen LogP contribution is -2.28. The zero-order valence-electron chi connectivity index (χ0n) is 9.99. The predicted octanol–water partition coefficient (Wildman–Crippen LogP) is 2.14. The molecule has 0 saturated heterocycles. The average molecular weight is 261 g/mol. The minimum atomic E-state index is -2.95. The molecule has 0 amide bonds. The Kier molecular flexibility index (Phi) is 4.95. The number of hydrogen-bond acceptors (Lipinski definition) is 4. The summed E-state index contributed by atoms with van der Waals surface area (Å²) in [6, 6.07) is 1.99. The van der Waals surface area contributed by atoms with Gasteiger partial charge in [0.2, 0.25) is 0 Å². The smallest absolute Gasteiger partial charge is 0.149 e. The van der Waals surface area contributed by atoms with Crippen molar-refractivity contribution in [1.82, 2.24) is 5.32 Å². The zero-order chi connectivity index (χ0) is 12.2. The van der Waals surface area contributed by atoms with Crippen molar-refractivity contribution in [3.63, 3.8) is 0 Å². The molecule has 92 valence electrons. The van der Waals surface area contributed by atoms with Gasteiger partial charge in [-0.05, 0) is 36.9 Å². The van der Waals surface area contributed by atoms with Crippen LogP contribution in [0.3, 0.4) is 0 Å². The van der Waals surface area contributed by atoms with Crippen LogP contribution in [0.4, 0.5) is 0 Å². The maximum Gasteiger partial charge on any atom is 0.149 e. The second-order valence-electron chi connectivity index (χ2n) is 4.09. The molecule has 1 unspecified atom stereocenters. The van der Waals surface area contributed by atoms with Crippen LogP contribution in [0, 0.1) is 6.92 Å². The third kappa shape index (κ3) is 4.63. The van der Waals surface area contributed by atoms with E-state index >= 15 is 0 Å². The lowest BCUT2D eigenvalue weighted by molar-refractivity contribution is 0.550. The Morgan fingerprint density at radius 3 is 2.62 bits per heavy atom. The highest BCUT2D eigenvalue weighted by atomic mass is 32.2. The lowest BCUT2D eigenvalue weighted by Gasteiger charge is -2.16. The third-order valence-electron chi connectivity index (χ3n) is 2.26. The van der Waals surface area contributed by atoms with E-state index in [1.807, 2.05) is 12.3 Å². The normalized spacial score (nSPS) is 13.9.